The summed E-state index contributed by atoms with van der Waals surface area (Å²) in [7, 11) is 0. The number of carbonyl (C=O) groups is 2. The van der Waals surface area contributed by atoms with Crippen molar-refractivity contribution in [3.05, 3.63) is 69.2 Å². The van der Waals surface area contributed by atoms with Crippen molar-refractivity contribution in [3.8, 4) is 0 Å². The van der Waals surface area contributed by atoms with Gasteiger partial charge in [0.2, 0.25) is 0 Å². The molecule has 0 spiro atoms. The molecular weight excluding hydrogens is 371 g/mol. The molecule has 0 atom stereocenters. The maximum absolute atomic E-state index is 12.3. The van der Waals surface area contributed by atoms with E-state index in [0.717, 1.165) is 5.56 Å². The second-order valence-electron chi connectivity index (χ2n) is 5.80. The van der Waals surface area contributed by atoms with Gasteiger partial charge in [0.15, 0.2) is 0 Å². The van der Waals surface area contributed by atoms with Crippen molar-refractivity contribution in [2.45, 2.75) is 20.3 Å². The summed E-state index contributed by atoms with van der Waals surface area (Å²) in [6, 6.07) is 12.0. The fraction of sp³-hybridized carbons (Fsp3) is 0.300. The van der Waals surface area contributed by atoms with Gasteiger partial charge in [-0.3, -0.25) is 9.59 Å². The number of hydrogen-bond donors (Lipinski definition) is 1. The van der Waals surface area contributed by atoms with Crippen molar-refractivity contribution < 1.29 is 9.59 Å². The molecule has 0 aliphatic heterocycles. The number of nitrogens with zero attached hydrogens (tertiary/aromatic N) is 1. The third-order valence-corrected chi connectivity index (χ3v) is 4.73. The Morgan fingerprint density at radius 1 is 0.962 bits per heavy atom. The van der Waals surface area contributed by atoms with E-state index in [1.165, 1.54) is 0 Å². The quantitative estimate of drug-likeness (QED) is 0.756. The molecule has 138 valence electrons. The Bertz CT molecular complexity index is 772. The highest BCUT2D eigenvalue weighted by Crippen LogP contribution is 2.21. The molecule has 2 amide bonds. The molecular formula is C20H22Cl2N2O2. The third kappa shape index (κ3) is 5.23. The van der Waals surface area contributed by atoms with Crippen LogP contribution in [0, 0.1) is 0 Å². The molecule has 0 radical (unpaired) electrons. The predicted molar refractivity (Wildman–Crippen MR) is 106 cm³/mol. The molecule has 0 saturated carbocycles. The molecule has 0 aliphatic carbocycles. The Balaban J connectivity index is 1.92. The van der Waals surface area contributed by atoms with Crippen LogP contribution in [0.1, 0.15) is 40.1 Å². The summed E-state index contributed by atoms with van der Waals surface area (Å²) in [4.78, 5) is 26.3. The van der Waals surface area contributed by atoms with Gasteiger partial charge in [-0.1, -0.05) is 29.3 Å². The number of amides is 2. The first-order valence-corrected chi connectivity index (χ1v) is 9.33. The predicted octanol–water partition coefficient (Wildman–Crippen LogP) is 4.45. The van der Waals surface area contributed by atoms with Crippen LogP contribution in [-0.4, -0.2) is 36.3 Å². The lowest BCUT2D eigenvalue weighted by Crippen LogP contribution is -2.30. The highest BCUT2D eigenvalue weighted by atomic mass is 35.5. The second kappa shape index (κ2) is 9.60. The zero-order valence-corrected chi connectivity index (χ0v) is 16.4. The van der Waals surface area contributed by atoms with Gasteiger partial charge in [-0.05, 0) is 62.2 Å². The first kappa shape index (κ1) is 20.3. The normalized spacial score (nSPS) is 10.5. The zero-order valence-electron chi connectivity index (χ0n) is 14.9. The van der Waals surface area contributed by atoms with Crippen LogP contribution < -0.4 is 5.32 Å². The highest BCUT2D eigenvalue weighted by Gasteiger charge is 2.13. The van der Waals surface area contributed by atoms with E-state index in [9.17, 15) is 9.59 Å². The van der Waals surface area contributed by atoms with Crippen LogP contribution in [0.2, 0.25) is 10.0 Å². The zero-order chi connectivity index (χ0) is 19.1. The van der Waals surface area contributed by atoms with E-state index in [1.807, 2.05) is 19.9 Å². The average molecular weight is 393 g/mol. The molecule has 26 heavy (non-hydrogen) atoms. The van der Waals surface area contributed by atoms with Crippen molar-refractivity contribution in [1.82, 2.24) is 10.2 Å². The van der Waals surface area contributed by atoms with Crippen LogP contribution in [0.15, 0.2) is 42.5 Å². The van der Waals surface area contributed by atoms with Gasteiger partial charge in [0, 0.05) is 40.8 Å². The summed E-state index contributed by atoms with van der Waals surface area (Å²) in [5, 5.41) is 4.03. The fourth-order valence-electron chi connectivity index (χ4n) is 2.59. The third-order valence-electron chi connectivity index (χ3n) is 4.14. The average Bonchev–Trinajstić information content (AvgIpc) is 2.64. The minimum atomic E-state index is -0.183. The van der Waals surface area contributed by atoms with Gasteiger partial charge in [-0.2, -0.15) is 0 Å². The van der Waals surface area contributed by atoms with Gasteiger partial charge in [0.05, 0.1) is 0 Å². The van der Waals surface area contributed by atoms with E-state index in [0.29, 0.717) is 47.2 Å². The molecule has 4 nitrogen and oxygen atoms in total. The van der Waals surface area contributed by atoms with Crippen LogP contribution in [0.5, 0.6) is 0 Å². The lowest BCUT2D eigenvalue weighted by Gasteiger charge is -2.18. The first-order valence-electron chi connectivity index (χ1n) is 8.57. The Morgan fingerprint density at radius 2 is 1.58 bits per heavy atom. The van der Waals surface area contributed by atoms with Gasteiger partial charge in [0.25, 0.3) is 11.8 Å². The second-order valence-corrected chi connectivity index (χ2v) is 6.64. The van der Waals surface area contributed by atoms with E-state index < -0.39 is 0 Å². The van der Waals surface area contributed by atoms with E-state index >= 15 is 0 Å². The summed E-state index contributed by atoms with van der Waals surface area (Å²) < 4.78 is 0. The maximum atomic E-state index is 12.3. The summed E-state index contributed by atoms with van der Waals surface area (Å²) in [5.41, 5.74) is 2.03. The van der Waals surface area contributed by atoms with Crippen molar-refractivity contribution in [1.29, 1.82) is 0 Å². The summed E-state index contributed by atoms with van der Waals surface area (Å²) in [6.45, 7) is 5.66. The molecule has 2 rings (SSSR count). The van der Waals surface area contributed by atoms with E-state index in [2.05, 4.69) is 5.32 Å². The SMILES string of the molecule is CCN(CC)C(=O)c1ccc(C(=O)NCCc2ccc(Cl)cc2Cl)cc1. The molecule has 0 saturated heterocycles. The Kier molecular flexibility index (Phi) is 7.49. The van der Waals surface area contributed by atoms with Gasteiger partial charge < -0.3 is 10.2 Å². The van der Waals surface area contributed by atoms with Crippen LogP contribution >= 0.6 is 23.2 Å². The smallest absolute Gasteiger partial charge is 0.253 e. The van der Waals surface area contributed by atoms with Crippen LogP contribution in [0.4, 0.5) is 0 Å². The Hall–Kier alpha value is -2.04. The minimum Gasteiger partial charge on any atom is -0.352 e. The molecule has 2 aromatic carbocycles. The lowest BCUT2D eigenvalue weighted by molar-refractivity contribution is 0.0772. The molecule has 0 aliphatic rings. The lowest BCUT2D eigenvalue weighted by atomic mass is 10.1. The molecule has 2 aromatic rings. The van der Waals surface area contributed by atoms with Gasteiger partial charge in [-0.15, -0.1) is 0 Å². The van der Waals surface area contributed by atoms with E-state index in [4.69, 9.17) is 23.2 Å². The summed E-state index contributed by atoms with van der Waals surface area (Å²) >= 11 is 12.0. The fourth-order valence-corrected chi connectivity index (χ4v) is 3.10. The van der Waals surface area contributed by atoms with Crippen LogP contribution in [-0.2, 0) is 6.42 Å². The van der Waals surface area contributed by atoms with Crippen LogP contribution in [0.3, 0.4) is 0 Å². The number of carbonyl (C=O) groups excluding carboxylic acids is 2. The summed E-state index contributed by atoms with van der Waals surface area (Å²) in [5.74, 6) is -0.212. The van der Waals surface area contributed by atoms with Crippen molar-refractivity contribution in [3.63, 3.8) is 0 Å². The van der Waals surface area contributed by atoms with Gasteiger partial charge >= 0.3 is 0 Å². The van der Waals surface area contributed by atoms with Crippen molar-refractivity contribution in [2.75, 3.05) is 19.6 Å². The molecule has 6 heteroatoms. The number of rotatable bonds is 7. The standard InChI is InChI=1S/C20H22Cl2N2O2/c1-3-24(4-2)20(26)16-7-5-15(6-8-16)19(25)23-12-11-14-9-10-17(21)13-18(14)22/h5-10,13H,3-4,11-12H2,1-2H3,(H,23,25). The van der Waals surface area contributed by atoms with E-state index in [1.54, 1.807) is 41.3 Å². The minimum absolute atomic E-state index is 0.0284. The topological polar surface area (TPSA) is 49.4 Å². The molecule has 0 bridgehead atoms. The van der Waals surface area contributed by atoms with Gasteiger partial charge in [-0.25, -0.2) is 0 Å². The number of nitrogens with one attached hydrogen (secondary N) is 1. The molecule has 0 fully saturated rings. The van der Waals surface area contributed by atoms with Crippen molar-refractivity contribution >= 4 is 35.0 Å². The Morgan fingerprint density at radius 3 is 2.15 bits per heavy atom. The molecule has 1 N–H and O–H groups in total. The summed E-state index contributed by atoms with van der Waals surface area (Å²) in [6.07, 6.45) is 0.611. The van der Waals surface area contributed by atoms with E-state index in [-0.39, 0.29) is 11.8 Å². The Labute approximate surface area is 164 Å². The molecule has 0 unspecified atom stereocenters. The monoisotopic (exact) mass is 392 g/mol. The maximum Gasteiger partial charge on any atom is 0.253 e. The number of halogens is 2. The first-order chi connectivity index (χ1) is 12.5. The number of benzene rings is 2. The number of hydrogen-bond acceptors (Lipinski definition) is 2. The van der Waals surface area contributed by atoms with Crippen molar-refractivity contribution in [2.24, 2.45) is 0 Å². The largest absolute Gasteiger partial charge is 0.352 e. The highest BCUT2D eigenvalue weighted by molar-refractivity contribution is 6.35. The van der Waals surface area contributed by atoms with Gasteiger partial charge in [0.1, 0.15) is 0 Å². The molecule has 0 aromatic heterocycles. The molecule has 0 heterocycles. The van der Waals surface area contributed by atoms with Crippen LogP contribution in [0.25, 0.3) is 0 Å².